The molecule has 1 aromatic carbocycles. The van der Waals surface area contributed by atoms with E-state index < -0.39 is 0 Å². The van der Waals surface area contributed by atoms with Gasteiger partial charge in [0, 0.05) is 18.0 Å². The van der Waals surface area contributed by atoms with Crippen LogP contribution in [0.15, 0.2) is 24.3 Å². The highest BCUT2D eigenvalue weighted by Gasteiger charge is 2.18. The van der Waals surface area contributed by atoms with Crippen LogP contribution in [0.1, 0.15) is 27.2 Å². The Morgan fingerprint density at radius 2 is 2.10 bits per heavy atom. The summed E-state index contributed by atoms with van der Waals surface area (Å²) < 4.78 is 18.7. The third kappa shape index (κ3) is 6.78. The van der Waals surface area contributed by atoms with Gasteiger partial charge in [-0.3, -0.25) is 4.79 Å². The van der Waals surface area contributed by atoms with Crippen molar-refractivity contribution in [3.63, 3.8) is 0 Å². The number of nitrogens with one attached hydrogen (secondary N) is 1. The lowest BCUT2D eigenvalue weighted by Crippen LogP contribution is -2.42. The summed E-state index contributed by atoms with van der Waals surface area (Å²) >= 11 is 0. The van der Waals surface area contributed by atoms with Crippen LogP contribution in [0.4, 0.5) is 4.39 Å². The zero-order chi connectivity index (χ0) is 15.1. The van der Waals surface area contributed by atoms with Crippen molar-refractivity contribution in [2.75, 3.05) is 6.54 Å². The zero-order valence-corrected chi connectivity index (χ0v) is 13.5. The molecule has 0 fully saturated rings. The Kier molecular flexibility index (Phi) is 8.97. The molecule has 0 saturated heterocycles. The summed E-state index contributed by atoms with van der Waals surface area (Å²) in [6.07, 6.45) is 0.518. The molecule has 0 aromatic heterocycles. The third-order valence-electron chi connectivity index (χ3n) is 3.26. The molecule has 3 N–H and O–H groups in total. The Morgan fingerprint density at radius 3 is 2.62 bits per heavy atom. The van der Waals surface area contributed by atoms with E-state index in [9.17, 15) is 9.18 Å². The first-order valence-electron chi connectivity index (χ1n) is 6.89. The maximum atomic E-state index is 13.1. The summed E-state index contributed by atoms with van der Waals surface area (Å²) in [5.74, 6) is -0.221. The van der Waals surface area contributed by atoms with E-state index in [2.05, 4.69) is 5.32 Å². The number of hydrogen-bond donors (Lipinski definition) is 2. The number of benzene rings is 1. The maximum absolute atomic E-state index is 13.1. The highest BCUT2D eigenvalue weighted by atomic mass is 35.5. The second-order valence-electron chi connectivity index (χ2n) is 5.00. The van der Waals surface area contributed by atoms with E-state index in [4.69, 9.17) is 10.5 Å². The van der Waals surface area contributed by atoms with Crippen LogP contribution in [0.3, 0.4) is 0 Å². The van der Waals surface area contributed by atoms with Gasteiger partial charge < -0.3 is 15.8 Å². The second-order valence-corrected chi connectivity index (χ2v) is 5.00. The van der Waals surface area contributed by atoms with Crippen molar-refractivity contribution in [1.29, 1.82) is 0 Å². The highest BCUT2D eigenvalue weighted by molar-refractivity contribution is 5.85. The van der Waals surface area contributed by atoms with Gasteiger partial charge >= 0.3 is 0 Å². The largest absolute Gasteiger partial charge is 0.489 e. The first-order valence-corrected chi connectivity index (χ1v) is 6.89. The van der Waals surface area contributed by atoms with Gasteiger partial charge in [0.2, 0.25) is 5.91 Å². The molecule has 0 spiro atoms. The number of carbonyl (C=O) groups is 1. The van der Waals surface area contributed by atoms with Crippen LogP contribution in [0, 0.1) is 11.7 Å². The van der Waals surface area contributed by atoms with Gasteiger partial charge in [0.1, 0.15) is 17.7 Å². The number of rotatable bonds is 7. The molecule has 120 valence electrons. The molecule has 21 heavy (non-hydrogen) atoms. The van der Waals surface area contributed by atoms with Gasteiger partial charge in [0.15, 0.2) is 0 Å². The highest BCUT2D eigenvalue weighted by Crippen LogP contribution is 2.14. The minimum atomic E-state index is -0.341. The standard InChI is InChI=1S/C15H23FN2O2.ClH/c1-4-13(9-18-15(19)10(2)11(3)17)20-14-7-5-6-12(16)8-14;/h5-8,10-11,13H,4,9,17H2,1-3H3,(H,18,19);1H. The van der Waals surface area contributed by atoms with Gasteiger partial charge in [0.25, 0.3) is 0 Å². The van der Waals surface area contributed by atoms with Crippen molar-refractivity contribution in [2.45, 2.75) is 39.3 Å². The number of nitrogens with two attached hydrogens (primary N) is 1. The molecule has 6 heteroatoms. The number of halogens is 2. The Labute approximate surface area is 131 Å². The minimum absolute atomic E-state index is 0. The molecule has 1 amide bonds. The Balaban J connectivity index is 0.00000400. The summed E-state index contributed by atoms with van der Waals surface area (Å²) in [6, 6.07) is 5.78. The lowest BCUT2D eigenvalue weighted by Gasteiger charge is -2.20. The van der Waals surface area contributed by atoms with Crippen molar-refractivity contribution in [3.05, 3.63) is 30.1 Å². The maximum Gasteiger partial charge on any atom is 0.224 e. The Morgan fingerprint density at radius 1 is 1.43 bits per heavy atom. The van der Waals surface area contributed by atoms with Crippen molar-refractivity contribution >= 4 is 18.3 Å². The monoisotopic (exact) mass is 318 g/mol. The van der Waals surface area contributed by atoms with Gasteiger partial charge in [-0.1, -0.05) is 19.9 Å². The molecule has 1 rings (SSSR count). The average molecular weight is 319 g/mol. The first kappa shape index (κ1) is 19.7. The summed E-state index contributed by atoms with van der Waals surface area (Å²) in [6.45, 7) is 5.91. The predicted octanol–water partition coefficient (Wildman–Crippen LogP) is 2.50. The molecule has 3 atom stereocenters. The average Bonchev–Trinajstić information content (AvgIpc) is 2.42. The molecule has 0 aliphatic rings. The van der Waals surface area contributed by atoms with E-state index >= 15 is 0 Å². The van der Waals surface area contributed by atoms with Crippen molar-refractivity contribution in [2.24, 2.45) is 11.7 Å². The topological polar surface area (TPSA) is 64.4 Å². The van der Waals surface area contributed by atoms with Crippen molar-refractivity contribution < 1.29 is 13.9 Å². The number of hydrogen-bond acceptors (Lipinski definition) is 3. The fourth-order valence-electron chi connectivity index (χ4n) is 1.62. The molecule has 3 unspecified atom stereocenters. The van der Waals surface area contributed by atoms with E-state index in [1.807, 2.05) is 6.92 Å². The molecule has 4 nitrogen and oxygen atoms in total. The van der Waals surface area contributed by atoms with Gasteiger partial charge in [-0.15, -0.1) is 12.4 Å². The fraction of sp³-hybridized carbons (Fsp3) is 0.533. The van der Waals surface area contributed by atoms with Gasteiger partial charge in [-0.05, 0) is 25.5 Å². The normalized spacial score (nSPS) is 14.5. The molecule has 0 saturated carbocycles. The van der Waals surface area contributed by atoms with Crippen LogP contribution in [-0.4, -0.2) is 24.6 Å². The quantitative estimate of drug-likeness (QED) is 0.812. The van der Waals surface area contributed by atoms with E-state index in [0.29, 0.717) is 18.7 Å². The van der Waals surface area contributed by atoms with Crippen LogP contribution in [-0.2, 0) is 4.79 Å². The lowest BCUT2D eigenvalue weighted by molar-refractivity contribution is -0.125. The Bertz CT molecular complexity index is 443. The van der Waals surface area contributed by atoms with E-state index in [1.54, 1.807) is 26.0 Å². The van der Waals surface area contributed by atoms with E-state index in [-0.39, 0.29) is 42.2 Å². The van der Waals surface area contributed by atoms with Crippen LogP contribution in [0.5, 0.6) is 5.75 Å². The molecule has 1 aromatic rings. The number of carbonyl (C=O) groups excluding carboxylic acids is 1. The fourth-order valence-corrected chi connectivity index (χ4v) is 1.62. The third-order valence-corrected chi connectivity index (χ3v) is 3.26. The molecule has 0 aliphatic carbocycles. The van der Waals surface area contributed by atoms with Gasteiger partial charge in [-0.25, -0.2) is 4.39 Å². The molecule has 0 aliphatic heterocycles. The van der Waals surface area contributed by atoms with Crippen LogP contribution in [0.25, 0.3) is 0 Å². The van der Waals surface area contributed by atoms with Crippen molar-refractivity contribution in [1.82, 2.24) is 5.32 Å². The second kappa shape index (κ2) is 9.58. The minimum Gasteiger partial charge on any atom is -0.489 e. The van der Waals surface area contributed by atoms with Crippen molar-refractivity contribution in [3.8, 4) is 5.75 Å². The SMILES string of the molecule is CCC(CNC(=O)C(C)C(C)N)Oc1cccc(F)c1.Cl. The smallest absolute Gasteiger partial charge is 0.224 e. The predicted molar refractivity (Wildman–Crippen MR) is 84.2 cm³/mol. The zero-order valence-electron chi connectivity index (χ0n) is 12.6. The molecule has 0 radical (unpaired) electrons. The molecular weight excluding hydrogens is 295 g/mol. The molecule has 0 heterocycles. The summed E-state index contributed by atoms with van der Waals surface area (Å²) in [7, 11) is 0. The number of ether oxygens (including phenoxy) is 1. The molecular formula is C15H24ClFN2O2. The summed E-state index contributed by atoms with van der Waals surface area (Å²) in [4.78, 5) is 11.8. The molecule has 0 bridgehead atoms. The first-order chi connectivity index (χ1) is 9.43. The summed E-state index contributed by atoms with van der Waals surface area (Å²) in [5, 5.41) is 2.81. The van der Waals surface area contributed by atoms with E-state index in [1.165, 1.54) is 12.1 Å². The lowest BCUT2D eigenvalue weighted by atomic mass is 10.0. The van der Waals surface area contributed by atoms with Crippen LogP contribution in [0.2, 0.25) is 0 Å². The van der Waals surface area contributed by atoms with Gasteiger partial charge in [0.05, 0.1) is 6.54 Å². The van der Waals surface area contributed by atoms with Gasteiger partial charge in [-0.2, -0.15) is 0 Å². The van der Waals surface area contributed by atoms with Crippen LogP contribution >= 0.6 is 12.4 Å². The van der Waals surface area contributed by atoms with Crippen LogP contribution < -0.4 is 15.8 Å². The Hall–Kier alpha value is -1.33. The summed E-state index contributed by atoms with van der Waals surface area (Å²) in [5.41, 5.74) is 5.68. The van der Waals surface area contributed by atoms with E-state index in [0.717, 1.165) is 0 Å². The number of amides is 1.